The van der Waals surface area contributed by atoms with Gasteiger partial charge in [-0.2, -0.15) is 0 Å². The second-order valence-corrected chi connectivity index (χ2v) is 5.56. The maximum Gasteiger partial charge on any atom is 0.244 e. The van der Waals surface area contributed by atoms with Crippen molar-refractivity contribution >= 4 is 17.8 Å². The van der Waals surface area contributed by atoms with Crippen molar-refractivity contribution < 1.29 is 14.3 Å². The van der Waals surface area contributed by atoms with Gasteiger partial charge in [0.2, 0.25) is 5.91 Å². The lowest BCUT2D eigenvalue weighted by molar-refractivity contribution is -0.117. The zero-order valence-corrected chi connectivity index (χ0v) is 12.0. The molecule has 108 valence electrons. The average molecular weight is 283 g/mol. The Balaban J connectivity index is 2.00. The summed E-state index contributed by atoms with van der Waals surface area (Å²) < 4.78 is 5.66. The fraction of sp³-hybridized carbons (Fsp3) is 0.294. The van der Waals surface area contributed by atoms with Crippen molar-refractivity contribution in [3.8, 4) is 5.75 Å². The Morgan fingerprint density at radius 3 is 2.71 bits per heavy atom. The predicted molar refractivity (Wildman–Crippen MR) is 80.1 cm³/mol. The number of amides is 1. The molecule has 0 saturated heterocycles. The summed E-state index contributed by atoms with van der Waals surface area (Å²) in [4.78, 5) is 24.0. The summed E-state index contributed by atoms with van der Waals surface area (Å²) in [6, 6.07) is 5.20. The monoisotopic (exact) mass is 283 g/mol. The molecule has 0 radical (unpaired) electrons. The van der Waals surface area contributed by atoms with Gasteiger partial charge in [0.15, 0.2) is 5.78 Å². The molecule has 2 atom stereocenters. The topological polar surface area (TPSA) is 55.4 Å². The van der Waals surface area contributed by atoms with Crippen LogP contribution in [0.4, 0.5) is 0 Å². The van der Waals surface area contributed by atoms with Crippen molar-refractivity contribution in [2.24, 2.45) is 5.92 Å². The van der Waals surface area contributed by atoms with Crippen molar-refractivity contribution in [1.29, 1.82) is 0 Å². The van der Waals surface area contributed by atoms with E-state index in [-0.39, 0.29) is 29.8 Å². The summed E-state index contributed by atoms with van der Waals surface area (Å²) in [5, 5.41) is 2.81. The number of carbonyl (C=O) groups excluding carboxylic acids is 2. The molecular formula is C17H17NO3. The van der Waals surface area contributed by atoms with Crippen LogP contribution in [-0.4, -0.2) is 23.8 Å². The minimum absolute atomic E-state index is 0.0207. The Labute approximate surface area is 123 Å². The summed E-state index contributed by atoms with van der Waals surface area (Å²) >= 11 is 0. The van der Waals surface area contributed by atoms with Gasteiger partial charge >= 0.3 is 0 Å². The number of hydrogen-bond donors (Lipinski definition) is 1. The first-order valence-electron chi connectivity index (χ1n) is 7.06. The molecule has 4 nitrogen and oxygen atoms in total. The second kappa shape index (κ2) is 5.20. The second-order valence-electron chi connectivity index (χ2n) is 5.56. The van der Waals surface area contributed by atoms with Crippen LogP contribution in [0.3, 0.4) is 0 Å². The summed E-state index contributed by atoms with van der Waals surface area (Å²) in [6.45, 7) is 3.92. The number of hydrogen-bond acceptors (Lipinski definition) is 3. The Bertz CT molecular complexity index is 658. The minimum Gasteiger partial charge on any atom is -0.491 e. The van der Waals surface area contributed by atoms with Crippen LogP contribution < -0.4 is 10.1 Å². The van der Waals surface area contributed by atoms with E-state index in [9.17, 15) is 9.59 Å². The Hall–Kier alpha value is -2.36. The normalized spacial score (nSPS) is 23.4. The van der Waals surface area contributed by atoms with Gasteiger partial charge in [0, 0.05) is 5.56 Å². The van der Waals surface area contributed by atoms with E-state index in [0.29, 0.717) is 5.56 Å². The van der Waals surface area contributed by atoms with E-state index in [2.05, 4.69) is 5.32 Å². The maximum absolute atomic E-state index is 12.6. The van der Waals surface area contributed by atoms with E-state index in [1.54, 1.807) is 12.1 Å². The standard InChI is InChI=1S/C17H17NO3/c1-10(2)21-12-4-5-13-11(9-12)3-7-15-14(17(13)20)6-8-16(19)18-15/h3-10,14-15H,1-2H3,(H,18,19). The van der Waals surface area contributed by atoms with Crippen LogP contribution in [0.1, 0.15) is 29.8 Å². The van der Waals surface area contributed by atoms with Crippen LogP contribution in [-0.2, 0) is 4.79 Å². The smallest absolute Gasteiger partial charge is 0.244 e. The number of benzene rings is 1. The van der Waals surface area contributed by atoms with E-state index >= 15 is 0 Å². The van der Waals surface area contributed by atoms with Crippen molar-refractivity contribution in [2.45, 2.75) is 26.0 Å². The first kappa shape index (κ1) is 13.6. The van der Waals surface area contributed by atoms with Crippen LogP contribution in [0.15, 0.2) is 36.4 Å². The lowest BCUT2D eigenvalue weighted by atomic mass is 9.89. The molecule has 1 aliphatic heterocycles. The summed E-state index contributed by atoms with van der Waals surface area (Å²) in [6.07, 6.45) is 6.94. The molecule has 0 saturated carbocycles. The molecule has 0 fully saturated rings. The third kappa shape index (κ3) is 2.61. The molecule has 2 aliphatic rings. The van der Waals surface area contributed by atoms with Gasteiger partial charge in [-0.05, 0) is 43.7 Å². The van der Waals surface area contributed by atoms with E-state index in [0.717, 1.165) is 11.3 Å². The molecule has 1 N–H and O–H groups in total. The molecule has 0 aromatic heterocycles. The molecule has 1 aliphatic carbocycles. The molecule has 4 heteroatoms. The van der Waals surface area contributed by atoms with Crippen molar-refractivity contribution in [3.05, 3.63) is 47.6 Å². The van der Waals surface area contributed by atoms with Crippen LogP contribution in [0.2, 0.25) is 0 Å². The van der Waals surface area contributed by atoms with E-state index in [4.69, 9.17) is 4.74 Å². The molecule has 1 amide bonds. The quantitative estimate of drug-likeness (QED) is 0.906. The molecular weight excluding hydrogens is 266 g/mol. The fourth-order valence-electron chi connectivity index (χ4n) is 2.67. The van der Waals surface area contributed by atoms with Crippen molar-refractivity contribution in [3.63, 3.8) is 0 Å². The first-order valence-corrected chi connectivity index (χ1v) is 7.06. The highest BCUT2D eigenvalue weighted by Crippen LogP contribution is 2.28. The van der Waals surface area contributed by atoms with Gasteiger partial charge in [0.05, 0.1) is 18.1 Å². The average Bonchev–Trinajstić information content (AvgIpc) is 2.56. The largest absolute Gasteiger partial charge is 0.491 e. The highest BCUT2D eigenvalue weighted by atomic mass is 16.5. The van der Waals surface area contributed by atoms with Gasteiger partial charge in [0.1, 0.15) is 5.75 Å². The first-order chi connectivity index (χ1) is 10.0. The van der Waals surface area contributed by atoms with Gasteiger partial charge in [-0.1, -0.05) is 18.2 Å². The SMILES string of the molecule is CC(C)Oc1ccc2c(c1)C=CC1NC(=O)C=CC1C2=O. The number of rotatable bonds is 2. The number of ketones is 1. The van der Waals surface area contributed by atoms with Crippen LogP contribution >= 0.6 is 0 Å². The highest BCUT2D eigenvalue weighted by molar-refractivity contribution is 6.05. The number of fused-ring (bicyclic) bond motifs is 2. The molecule has 1 aromatic rings. The number of Topliss-reactive ketones (excluding diaryl/α,β-unsaturated/α-hetero) is 1. The molecule has 0 bridgehead atoms. The lowest BCUT2D eigenvalue weighted by Gasteiger charge is -2.23. The van der Waals surface area contributed by atoms with Crippen molar-refractivity contribution in [1.82, 2.24) is 5.32 Å². The lowest BCUT2D eigenvalue weighted by Crippen LogP contribution is -2.43. The van der Waals surface area contributed by atoms with Gasteiger partial charge in [-0.25, -0.2) is 0 Å². The molecule has 1 aromatic carbocycles. The predicted octanol–water partition coefficient (Wildman–Crippen LogP) is 2.35. The van der Waals surface area contributed by atoms with E-state index < -0.39 is 0 Å². The Kier molecular flexibility index (Phi) is 3.37. The summed E-state index contributed by atoms with van der Waals surface area (Å²) in [7, 11) is 0. The molecule has 0 spiro atoms. The van der Waals surface area contributed by atoms with Crippen LogP contribution in [0.25, 0.3) is 6.08 Å². The van der Waals surface area contributed by atoms with Crippen LogP contribution in [0, 0.1) is 5.92 Å². The Morgan fingerprint density at radius 1 is 1.14 bits per heavy atom. The third-order valence-electron chi connectivity index (χ3n) is 3.60. The third-order valence-corrected chi connectivity index (χ3v) is 3.60. The summed E-state index contributed by atoms with van der Waals surface area (Å²) in [5.74, 6) is 0.263. The maximum atomic E-state index is 12.6. The van der Waals surface area contributed by atoms with Gasteiger partial charge in [-0.15, -0.1) is 0 Å². The van der Waals surface area contributed by atoms with Crippen molar-refractivity contribution in [2.75, 3.05) is 0 Å². The van der Waals surface area contributed by atoms with E-state index in [1.165, 1.54) is 6.08 Å². The molecule has 21 heavy (non-hydrogen) atoms. The summed E-state index contributed by atoms with van der Waals surface area (Å²) in [5.41, 5.74) is 1.49. The zero-order valence-electron chi connectivity index (χ0n) is 12.0. The van der Waals surface area contributed by atoms with Gasteiger partial charge in [0.25, 0.3) is 0 Å². The van der Waals surface area contributed by atoms with E-state index in [1.807, 2.05) is 38.1 Å². The zero-order chi connectivity index (χ0) is 15.0. The number of ether oxygens (including phenoxy) is 1. The van der Waals surface area contributed by atoms with Gasteiger partial charge < -0.3 is 10.1 Å². The molecule has 1 heterocycles. The minimum atomic E-state index is -0.336. The highest BCUT2D eigenvalue weighted by Gasteiger charge is 2.32. The van der Waals surface area contributed by atoms with Gasteiger partial charge in [-0.3, -0.25) is 9.59 Å². The molecule has 3 rings (SSSR count). The molecule has 2 unspecified atom stereocenters. The van der Waals surface area contributed by atoms with Crippen LogP contribution in [0.5, 0.6) is 5.75 Å². The fourth-order valence-corrected chi connectivity index (χ4v) is 2.67. The number of nitrogens with one attached hydrogen (secondary N) is 1. The Morgan fingerprint density at radius 2 is 1.95 bits per heavy atom. The number of carbonyl (C=O) groups is 2.